The molecule has 1 unspecified atom stereocenters. The Balaban J connectivity index is 1.71. The van der Waals surface area contributed by atoms with Gasteiger partial charge in [0.1, 0.15) is 11.6 Å². The van der Waals surface area contributed by atoms with Gasteiger partial charge in [-0.15, -0.1) is 11.3 Å². The molecule has 1 aromatic heterocycles. The third-order valence-electron chi connectivity index (χ3n) is 3.17. The number of amides is 2. The van der Waals surface area contributed by atoms with Gasteiger partial charge in [0.25, 0.3) is 11.8 Å². The zero-order chi connectivity index (χ0) is 15.5. The maximum absolute atomic E-state index is 12.3. The molecule has 1 aromatic carbocycles. The lowest BCUT2D eigenvalue weighted by Gasteiger charge is -2.25. The first kappa shape index (κ1) is 14.4. The van der Waals surface area contributed by atoms with Crippen molar-refractivity contribution in [1.29, 1.82) is 0 Å². The number of thiophene rings is 1. The van der Waals surface area contributed by atoms with Crippen molar-refractivity contribution in [3.05, 3.63) is 41.3 Å². The lowest BCUT2D eigenvalue weighted by molar-refractivity contribution is -0.125. The Hall–Kier alpha value is -2.54. The first-order chi connectivity index (χ1) is 10.7. The van der Waals surface area contributed by atoms with Crippen LogP contribution in [0.15, 0.2) is 35.7 Å². The molecule has 114 valence electrons. The van der Waals surface area contributed by atoms with Crippen LogP contribution < -0.4 is 20.1 Å². The molecular formula is C15H14N2O4S. The van der Waals surface area contributed by atoms with E-state index in [1.54, 1.807) is 30.6 Å². The highest BCUT2D eigenvalue weighted by Crippen LogP contribution is 2.31. The average molecular weight is 318 g/mol. The number of anilines is 1. The molecular weight excluding hydrogens is 304 g/mol. The Morgan fingerprint density at radius 1 is 1.23 bits per heavy atom. The molecule has 22 heavy (non-hydrogen) atoms. The van der Waals surface area contributed by atoms with Crippen molar-refractivity contribution < 1.29 is 19.1 Å². The van der Waals surface area contributed by atoms with Gasteiger partial charge in [-0.3, -0.25) is 9.59 Å². The van der Waals surface area contributed by atoms with Crippen molar-refractivity contribution in [2.24, 2.45) is 0 Å². The fraction of sp³-hybridized carbons (Fsp3) is 0.200. The monoisotopic (exact) mass is 318 g/mol. The second-order valence-electron chi connectivity index (χ2n) is 4.60. The third kappa shape index (κ3) is 2.75. The molecule has 1 atom stereocenters. The molecule has 0 fully saturated rings. The largest absolute Gasteiger partial charge is 0.485 e. The van der Waals surface area contributed by atoms with E-state index in [4.69, 9.17) is 9.47 Å². The maximum Gasteiger partial charge on any atom is 0.269 e. The van der Waals surface area contributed by atoms with Gasteiger partial charge >= 0.3 is 0 Å². The second-order valence-corrected chi connectivity index (χ2v) is 5.51. The highest BCUT2D eigenvalue weighted by atomic mass is 32.1. The van der Waals surface area contributed by atoms with Gasteiger partial charge in [-0.25, -0.2) is 0 Å². The quantitative estimate of drug-likeness (QED) is 0.906. The summed E-state index contributed by atoms with van der Waals surface area (Å²) in [6.45, 7) is 0.129. The summed E-state index contributed by atoms with van der Waals surface area (Å²) in [7, 11) is 1.54. The number of ether oxygens (including phenoxy) is 2. The van der Waals surface area contributed by atoms with E-state index >= 15 is 0 Å². The minimum atomic E-state index is -0.755. The molecule has 0 saturated heterocycles. The number of benzene rings is 1. The van der Waals surface area contributed by atoms with Crippen LogP contribution in [-0.2, 0) is 4.79 Å². The average Bonchev–Trinajstić information content (AvgIpc) is 3.01. The molecule has 2 amide bonds. The fourth-order valence-corrected chi connectivity index (χ4v) is 2.85. The second kappa shape index (κ2) is 6.07. The minimum Gasteiger partial charge on any atom is -0.485 e. The third-order valence-corrected chi connectivity index (χ3v) is 4.00. The highest BCUT2D eigenvalue weighted by Gasteiger charge is 2.28. The molecule has 0 aliphatic carbocycles. The first-order valence-electron chi connectivity index (χ1n) is 6.68. The summed E-state index contributed by atoms with van der Waals surface area (Å²) in [5, 5.41) is 7.49. The lowest BCUT2D eigenvalue weighted by Crippen LogP contribution is -2.40. The Morgan fingerprint density at radius 3 is 2.77 bits per heavy atom. The van der Waals surface area contributed by atoms with Crippen LogP contribution in [0.4, 0.5) is 5.00 Å². The summed E-state index contributed by atoms with van der Waals surface area (Å²) in [6.07, 6.45) is -0.755. The molecule has 1 aliphatic rings. The molecule has 2 heterocycles. The zero-order valence-electron chi connectivity index (χ0n) is 11.8. The van der Waals surface area contributed by atoms with E-state index in [9.17, 15) is 9.59 Å². The van der Waals surface area contributed by atoms with Crippen molar-refractivity contribution in [3.63, 3.8) is 0 Å². The van der Waals surface area contributed by atoms with E-state index in [0.717, 1.165) is 0 Å². The van der Waals surface area contributed by atoms with Crippen LogP contribution in [0.25, 0.3) is 0 Å². The van der Waals surface area contributed by atoms with Crippen LogP contribution in [0.5, 0.6) is 11.5 Å². The molecule has 2 aromatic rings. The normalized spacial score (nSPS) is 16.0. The number of hydrogen-bond donors (Lipinski definition) is 2. The maximum atomic E-state index is 12.3. The number of rotatable bonds is 3. The van der Waals surface area contributed by atoms with Gasteiger partial charge in [0.05, 0.1) is 5.56 Å². The van der Waals surface area contributed by atoms with Gasteiger partial charge in [0, 0.05) is 7.05 Å². The summed E-state index contributed by atoms with van der Waals surface area (Å²) >= 11 is 1.28. The number of carbonyl (C=O) groups excluding carboxylic acids is 2. The SMILES string of the molecule is CNC(=O)c1ccsc1NC(=O)C1COc2ccccc2O1. The van der Waals surface area contributed by atoms with Gasteiger partial charge in [0.15, 0.2) is 11.5 Å². The number of nitrogens with one attached hydrogen (secondary N) is 2. The number of hydrogen-bond acceptors (Lipinski definition) is 5. The Kier molecular flexibility index (Phi) is 3.97. The summed E-state index contributed by atoms with van der Waals surface area (Å²) in [5.74, 6) is 0.560. The van der Waals surface area contributed by atoms with Gasteiger partial charge < -0.3 is 20.1 Å². The molecule has 0 radical (unpaired) electrons. The van der Waals surface area contributed by atoms with E-state index in [1.165, 1.54) is 11.3 Å². The predicted octanol–water partition coefficient (Wildman–Crippen LogP) is 1.89. The Bertz CT molecular complexity index is 713. The molecule has 0 bridgehead atoms. The number of fused-ring (bicyclic) bond motifs is 1. The first-order valence-corrected chi connectivity index (χ1v) is 7.56. The zero-order valence-corrected chi connectivity index (χ0v) is 12.6. The molecule has 1 aliphatic heterocycles. The van der Waals surface area contributed by atoms with Crippen molar-refractivity contribution in [2.75, 3.05) is 19.0 Å². The van der Waals surface area contributed by atoms with Crippen molar-refractivity contribution in [1.82, 2.24) is 5.32 Å². The van der Waals surface area contributed by atoms with E-state index in [0.29, 0.717) is 22.1 Å². The number of para-hydroxylation sites is 2. The van der Waals surface area contributed by atoms with Crippen LogP contribution >= 0.6 is 11.3 Å². The topological polar surface area (TPSA) is 76.7 Å². The van der Waals surface area contributed by atoms with E-state index in [-0.39, 0.29) is 18.4 Å². The van der Waals surface area contributed by atoms with Gasteiger partial charge in [0.2, 0.25) is 6.10 Å². The Labute approximate surface area is 131 Å². The molecule has 0 saturated carbocycles. The molecule has 3 rings (SSSR count). The smallest absolute Gasteiger partial charge is 0.269 e. The molecule has 0 spiro atoms. The molecule has 6 nitrogen and oxygen atoms in total. The van der Waals surface area contributed by atoms with Gasteiger partial charge in [-0.1, -0.05) is 12.1 Å². The van der Waals surface area contributed by atoms with E-state index in [2.05, 4.69) is 10.6 Å². The van der Waals surface area contributed by atoms with Crippen LogP contribution in [0.2, 0.25) is 0 Å². The van der Waals surface area contributed by atoms with Crippen LogP contribution in [0, 0.1) is 0 Å². The van der Waals surface area contributed by atoms with E-state index < -0.39 is 6.10 Å². The van der Waals surface area contributed by atoms with E-state index in [1.807, 2.05) is 12.1 Å². The lowest BCUT2D eigenvalue weighted by atomic mass is 10.2. The van der Waals surface area contributed by atoms with Crippen LogP contribution in [0.3, 0.4) is 0 Å². The van der Waals surface area contributed by atoms with Gasteiger partial charge in [-0.2, -0.15) is 0 Å². The molecule has 2 N–H and O–H groups in total. The summed E-state index contributed by atoms with van der Waals surface area (Å²) in [5.41, 5.74) is 0.429. The van der Waals surface area contributed by atoms with Crippen molar-refractivity contribution >= 4 is 28.2 Å². The number of carbonyl (C=O) groups is 2. The van der Waals surface area contributed by atoms with Crippen LogP contribution in [-0.4, -0.2) is 31.6 Å². The summed E-state index contributed by atoms with van der Waals surface area (Å²) < 4.78 is 11.1. The summed E-state index contributed by atoms with van der Waals surface area (Å²) in [6, 6.07) is 8.84. The molecule has 7 heteroatoms. The summed E-state index contributed by atoms with van der Waals surface area (Å²) in [4.78, 5) is 24.0. The minimum absolute atomic E-state index is 0.129. The van der Waals surface area contributed by atoms with Crippen molar-refractivity contribution in [3.8, 4) is 11.5 Å². The Morgan fingerprint density at radius 2 is 2.00 bits per heavy atom. The fourth-order valence-electron chi connectivity index (χ4n) is 2.06. The van der Waals surface area contributed by atoms with Crippen LogP contribution in [0.1, 0.15) is 10.4 Å². The van der Waals surface area contributed by atoms with Gasteiger partial charge in [-0.05, 0) is 23.6 Å². The van der Waals surface area contributed by atoms with Crippen molar-refractivity contribution in [2.45, 2.75) is 6.10 Å². The standard InChI is InChI=1S/C15H14N2O4S/c1-16-13(18)9-6-7-22-15(9)17-14(19)12-8-20-10-4-2-3-5-11(10)21-12/h2-7,12H,8H2,1H3,(H,16,18)(H,17,19). The predicted molar refractivity (Wildman–Crippen MR) is 82.7 cm³/mol. The highest BCUT2D eigenvalue weighted by molar-refractivity contribution is 7.14.